The third-order valence-electron chi connectivity index (χ3n) is 4.13. The van der Waals surface area contributed by atoms with Crippen LogP contribution < -0.4 is 5.32 Å². The van der Waals surface area contributed by atoms with E-state index in [1.54, 1.807) is 0 Å². The quantitative estimate of drug-likeness (QED) is 0.817. The summed E-state index contributed by atoms with van der Waals surface area (Å²) in [5.74, 6) is 0.0809. The first kappa shape index (κ1) is 15.5. The Morgan fingerprint density at radius 1 is 1.43 bits per heavy atom. The Labute approximate surface area is 126 Å². The topological polar surface area (TPSA) is 56.1 Å². The predicted octanol–water partition coefficient (Wildman–Crippen LogP) is 2.57. The zero-order valence-electron chi connectivity index (χ0n) is 12.9. The zero-order valence-corrected chi connectivity index (χ0v) is 12.9. The summed E-state index contributed by atoms with van der Waals surface area (Å²) in [6, 6.07) is 7.88. The second-order valence-electron chi connectivity index (χ2n) is 5.63. The molecule has 0 aliphatic carbocycles. The smallest absolute Gasteiger partial charge is 0.237 e. The number of nitriles is 1. The van der Waals surface area contributed by atoms with E-state index in [-0.39, 0.29) is 11.9 Å². The fourth-order valence-electron chi connectivity index (χ4n) is 2.73. The largest absolute Gasteiger partial charge is 0.355 e. The van der Waals surface area contributed by atoms with E-state index < -0.39 is 0 Å². The summed E-state index contributed by atoms with van der Waals surface area (Å²) >= 11 is 0. The number of nitrogens with one attached hydrogen (secondary N) is 1. The van der Waals surface area contributed by atoms with Crippen molar-refractivity contribution in [2.75, 3.05) is 6.54 Å². The Morgan fingerprint density at radius 3 is 2.95 bits per heavy atom. The fraction of sp³-hybridized carbons (Fsp3) is 0.529. The molecule has 1 unspecified atom stereocenters. The van der Waals surface area contributed by atoms with Crippen LogP contribution in [-0.4, -0.2) is 23.4 Å². The van der Waals surface area contributed by atoms with Gasteiger partial charge in [0.2, 0.25) is 5.91 Å². The summed E-state index contributed by atoms with van der Waals surface area (Å²) in [6.45, 7) is 6.27. The molecule has 1 aliphatic rings. The van der Waals surface area contributed by atoms with Gasteiger partial charge in [0, 0.05) is 19.6 Å². The van der Waals surface area contributed by atoms with Gasteiger partial charge in [0.1, 0.15) is 0 Å². The van der Waals surface area contributed by atoms with Crippen molar-refractivity contribution in [2.45, 2.75) is 52.2 Å². The number of carbonyl (C=O) groups excluding carboxylic acids is 1. The molecule has 0 saturated heterocycles. The molecule has 1 aromatic rings. The molecule has 0 radical (unpaired) electrons. The van der Waals surface area contributed by atoms with E-state index in [0.29, 0.717) is 6.54 Å². The third kappa shape index (κ3) is 3.62. The van der Waals surface area contributed by atoms with E-state index in [1.165, 1.54) is 5.56 Å². The standard InChI is InChI=1S/C17H23N3O/c1-3-4-5-9-19-17(21)13(2)20-11-15-8-6-7-14(10-18)16(15)12-20/h6-8,13H,3-5,9,11-12H2,1-2H3,(H,19,21). The Hall–Kier alpha value is -1.86. The van der Waals surface area contributed by atoms with E-state index >= 15 is 0 Å². The summed E-state index contributed by atoms with van der Waals surface area (Å²) in [5, 5.41) is 12.2. The number of rotatable bonds is 6. The number of carbonyl (C=O) groups is 1. The van der Waals surface area contributed by atoms with Crippen LogP contribution in [-0.2, 0) is 17.9 Å². The first-order valence-corrected chi connectivity index (χ1v) is 7.70. The highest BCUT2D eigenvalue weighted by molar-refractivity contribution is 5.81. The van der Waals surface area contributed by atoms with Crippen molar-refractivity contribution in [1.29, 1.82) is 5.26 Å². The van der Waals surface area contributed by atoms with Crippen LogP contribution in [0.4, 0.5) is 0 Å². The van der Waals surface area contributed by atoms with Crippen molar-refractivity contribution in [3.05, 3.63) is 34.9 Å². The van der Waals surface area contributed by atoms with Gasteiger partial charge in [-0.3, -0.25) is 9.69 Å². The molecule has 1 atom stereocenters. The van der Waals surface area contributed by atoms with Gasteiger partial charge in [0.05, 0.1) is 17.7 Å². The Kier molecular flexibility index (Phi) is 5.35. The van der Waals surface area contributed by atoms with Gasteiger partial charge in [-0.2, -0.15) is 5.26 Å². The molecular formula is C17H23N3O. The van der Waals surface area contributed by atoms with Gasteiger partial charge in [-0.15, -0.1) is 0 Å². The normalized spacial score (nSPS) is 15.3. The van der Waals surface area contributed by atoms with Gasteiger partial charge in [0.25, 0.3) is 0 Å². The van der Waals surface area contributed by atoms with E-state index in [2.05, 4.69) is 23.2 Å². The van der Waals surface area contributed by atoms with Crippen LogP contribution in [0.25, 0.3) is 0 Å². The number of hydrogen-bond donors (Lipinski definition) is 1. The van der Waals surface area contributed by atoms with E-state index in [1.807, 2.05) is 25.1 Å². The summed E-state index contributed by atoms with van der Waals surface area (Å²) in [5.41, 5.74) is 2.97. The molecule has 112 valence electrons. The summed E-state index contributed by atoms with van der Waals surface area (Å²) < 4.78 is 0. The van der Waals surface area contributed by atoms with E-state index in [0.717, 1.165) is 43.5 Å². The number of nitrogens with zero attached hydrogens (tertiary/aromatic N) is 2. The maximum Gasteiger partial charge on any atom is 0.237 e. The lowest BCUT2D eigenvalue weighted by atomic mass is 10.1. The van der Waals surface area contributed by atoms with Crippen molar-refractivity contribution in [3.8, 4) is 6.07 Å². The molecular weight excluding hydrogens is 262 g/mol. The monoisotopic (exact) mass is 285 g/mol. The van der Waals surface area contributed by atoms with Crippen molar-refractivity contribution in [3.63, 3.8) is 0 Å². The van der Waals surface area contributed by atoms with Crippen molar-refractivity contribution in [1.82, 2.24) is 10.2 Å². The van der Waals surface area contributed by atoms with Crippen LogP contribution >= 0.6 is 0 Å². The maximum atomic E-state index is 12.2. The number of unbranched alkanes of at least 4 members (excludes halogenated alkanes) is 2. The van der Waals surface area contributed by atoms with Crippen LogP contribution in [0.15, 0.2) is 18.2 Å². The minimum atomic E-state index is -0.162. The molecule has 1 aliphatic heterocycles. The molecule has 2 rings (SSSR count). The lowest BCUT2D eigenvalue weighted by Gasteiger charge is -2.22. The average Bonchev–Trinajstić information content (AvgIpc) is 2.94. The van der Waals surface area contributed by atoms with Crippen LogP contribution in [0.5, 0.6) is 0 Å². The minimum Gasteiger partial charge on any atom is -0.355 e. The highest BCUT2D eigenvalue weighted by Gasteiger charge is 2.28. The summed E-state index contributed by atoms with van der Waals surface area (Å²) in [4.78, 5) is 14.3. The Balaban J connectivity index is 1.93. The van der Waals surface area contributed by atoms with Gasteiger partial charge in [-0.05, 0) is 30.5 Å². The summed E-state index contributed by atoms with van der Waals surface area (Å²) in [7, 11) is 0. The van der Waals surface area contributed by atoms with Gasteiger partial charge >= 0.3 is 0 Å². The first-order chi connectivity index (χ1) is 10.2. The van der Waals surface area contributed by atoms with Gasteiger partial charge in [-0.25, -0.2) is 0 Å². The maximum absolute atomic E-state index is 12.2. The lowest BCUT2D eigenvalue weighted by Crippen LogP contribution is -2.43. The number of hydrogen-bond acceptors (Lipinski definition) is 3. The molecule has 1 N–H and O–H groups in total. The van der Waals surface area contributed by atoms with Crippen LogP contribution in [0.2, 0.25) is 0 Å². The molecule has 0 aromatic heterocycles. The van der Waals surface area contributed by atoms with Crippen molar-refractivity contribution >= 4 is 5.91 Å². The number of fused-ring (bicyclic) bond motifs is 1. The van der Waals surface area contributed by atoms with Crippen LogP contribution in [0, 0.1) is 11.3 Å². The van der Waals surface area contributed by atoms with Crippen LogP contribution in [0.3, 0.4) is 0 Å². The average molecular weight is 285 g/mol. The van der Waals surface area contributed by atoms with Gasteiger partial charge in [-0.1, -0.05) is 31.9 Å². The lowest BCUT2D eigenvalue weighted by molar-refractivity contribution is -0.126. The molecule has 0 bridgehead atoms. The third-order valence-corrected chi connectivity index (χ3v) is 4.13. The highest BCUT2D eigenvalue weighted by atomic mass is 16.2. The first-order valence-electron chi connectivity index (χ1n) is 7.70. The van der Waals surface area contributed by atoms with Gasteiger partial charge in [0.15, 0.2) is 0 Å². The molecule has 0 fully saturated rings. The highest BCUT2D eigenvalue weighted by Crippen LogP contribution is 2.27. The molecule has 1 aromatic carbocycles. The van der Waals surface area contributed by atoms with E-state index in [9.17, 15) is 4.79 Å². The van der Waals surface area contributed by atoms with Crippen LogP contribution in [0.1, 0.15) is 49.8 Å². The van der Waals surface area contributed by atoms with Crippen molar-refractivity contribution in [2.24, 2.45) is 0 Å². The Bertz CT molecular complexity index is 547. The van der Waals surface area contributed by atoms with Gasteiger partial charge < -0.3 is 5.32 Å². The second kappa shape index (κ2) is 7.24. The van der Waals surface area contributed by atoms with Crippen molar-refractivity contribution < 1.29 is 4.79 Å². The van der Waals surface area contributed by atoms with E-state index in [4.69, 9.17) is 5.26 Å². The second-order valence-corrected chi connectivity index (χ2v) is 5.63. The molecule has 1 amide bonds. The fourth-order valence-corrected chi connectivity index (χ4v) is 2.73. The molecule has 4 heteroatoms. The SMILES string of the molecule is CCCCCNC(=O)C(C)N1Cc2cccc(C#N)c2C1. The molecule has 4 nitrogen and oxygen atoms in total. The molecule has 0 spiro atoms. The minimum absolute atomic E-state index is 0.0809. The summed E-state index contributed by atoms with van der Waals surface area (Å²) in [6.07, 6.45) is 3.34. The zero-order chi connectivity index (χ0) is 15.2. The molecule has 1 heterocycles. The number of amides is 1. The molecule has 21 heavy (non-hydrogen) atoms. The number of benzene rings is 1. The predicted molar refractivity (Wildman–Crippen MR) is 82.4 cm³/mol. The molecule has 0 saturated carbocycles. The Morgan fingerprint density at radius 2 is 2.24 bits per heavy atom.